The zero-order valence-electron chi connectivity index (χ0n) is 18.6. The normalized spacial score (nSPS) is 19.8. The van der Waals surface area contributed by atoms with Crippen molar-refractivity contribution in [3.05, 3.63) is 69.9 Å². The molecule has 1 saturated heterocycles. The molecule has 0 N–H and O–H groups in total. The molecular formula is C26H30N2O2. The maximum atomic E-state index is 13.7. The van der Waals surface area contributed by atoms with Crippen LogP contribution in [0.1, 0.15) is 47.6 Å². The van der Waals surface area contributed by atoms with Crippen molar-refractivity contribution in [3.63, 3.8) is 0 Å². The number of benzene rings is 2. The maximum absolute atomic E-state index is 13.7. The number of hydrogen-bond donors (Lipinski definition) is 0. The molecular weight excluding hydrogens is 372 g/mol. The van der Waals surface area contributed by atoms with Gasteiger partial charge in [0, 0.05) is 13.1 Å². The van der Waals surface area contributed by atoms with Crippen LogP contribution < -0.4 is 4.90 Å². The summed E-state index contributed by atoms with van der Waals surface area (Å²) >= 11 is 0. The van der Waals surface area contributed by atoms with E-state index in [9.17, 15) is 9.59 Å². The summed E-state index contributed by atoms with van der Waals surface area (Å²) in [7, 11) is 0. The van der Waals surface area contributed by atoms with Gasteiger partial charge in [0.1, 0.15) is 5.70 Å². The van der Waals surface area contributed by atoms with Gasteiger partial charge in [-0.05, 0) is 69.2 Å². The van der Waals surface area contributed by atoms with E-state index in [0.29, 0.717) is 22.9 Å². The fourth-order valence-corrected chi connectivity index (χ4v) is 4.82. The smallest absolute Gasteiger partial charge is 0.282 e. The van der Waals surface area contributed by atoms with Crippen LogP contribution in [-0.2, 0) is 9.59 Å². The Kier molecular flexibility index (Phi) is 5.27. The van der Waals surface area contributed by atoms with E-state index in [4.69, 9.17) is 0 Å². The predicted molar refractivity (Wildman–Crippen MR) is 121 cm³/mol. The second-order valence-corrected chi connectivity index (χ2v) is 8.97. The molecule has 2 amide bonds. The molecule has 4 nitrogen and oxygen atoms in total. The molecule has 0 radical (unpaired) electrons. The number of anilines is 1. The second-order valence-electron chi connectivity index (χ2n) is 8.97. The monoisotopic (exact) mass is 402 g/mol. The number of rotatable bonds is 3. The number of aryl methyl sites for hydroxylation is 4. The van der Waals surface area contributed by atoms with E-state index in [1.165, 1.54) is 4.90 Å². The van der Waals surface area contributed by atoms with E-state index < -0.39 is 0 Å². The highest BCUT2D eigenvalue weighted by atomic mass is 16.2. The molecule has 0 aromatic heterocycles. The van der Waals surface area contributed by atoms with Gasteiger partial charge in [0.05, 0.1) is 11.3 Å². The molecule has 0 saturated carbocycles. The number of carbonyl (C=O) groups excluding carboxylic acids is 2. The van der Waals surface area contributed by atoms with Crippen molar-refractivity contribution < 1.29 is 9.59 Å². The summed E-state index contributed by atoms with van der Waals surface area (Å²) in [6, 6.07) is 12.0. The third kappa shape index (κ3) is 3.45. The standard InChI is InChI=1S/C26H30N2O2/c1-16-8-10-21(19(4)13-16)23-24(27-12-6-7-18(3)15-27)26(30)28(25(23)29)22-11-9-17(2)14-20(22)5/h8-11,13-14,18H,6-7,12,15H2,1-5H3. The Morgan fingerprint density at radius 3 is 2.17 bits per heavy atom. The first-order valence-corrected chi connectivity index (χ1v) is 10.8. The van der Waals surface area contributed by atoms with Gasteiger partial charge in [0.2, 0.25) is 0 Å². The summed E-state index contributed by atoms with van der Waals surface area (Å²) in [4.78, 5) is 31.0. The minimum Gasteiger partial charge on any atom is -0.366 e. The lowest BCUT2D eigenvalue weighted by Gasteiger charge is -2.33. The van der Waals surface area contributed by atoms with Crippen molar-refractivity contribution in [1.29, 1.82) is 0 Å². The fraction of sp³-hybridized carbons (Fsp3) is 0.385. The van der Waals surface area contributed by atoms with Gasteiger partial charge in [0.25, 0.3) is 11.8 Å². The number of likely N-dealkylation sites (tertiary alicyclic amines) is 1. The molecule has 156 valence electrons. The number of piperidine rings is 1. The van der Waals surface area contributed by atoms with Gasteiger partial charge in [-0.3, -0.25) is 9.59 Å². The Morgan fingerprint density at radius 1 is 0.867 bits per heavy atom. The summed E-state index contributed by atoms with van der Waals surface area (Å²) in [5, 5.41) is 0. The van der Waals surface area contributed by atoms with Crippen LogP contribution in [0.5, 0.6) is 0 Å². The molecule has 2 heterocycles. The van der Waals surface area contributed by atoms with Crippen LogP contribution in [0.3, 0.4) is 0 Å². The Hall–Kier alpha value is -2.88. The number of nitrogens with zero attached hydrogens (tertiary/aromatic N) is 2. The van der Waals surface area contributed by atoms with Crippen molar-refractivity contribution in [2.45, 2.75) is 47.5 Å². The van der Waals surface area contributed by atoms with Gasteiger partial charge in [-0.1, -0.05) is 48.4 Å². The Labute approximate surface area is 179 Å². The highest BCUT2D eigenvalue weighted by Crippen LogP contribution is 2.38. The fourth-order valence-electron chi connectivity index (χ4n) is 4.82. The third-order valence-electron chi connectivity index (χ3n) is 6.28. The van der Waals surface area contributed by atoms with E-state index in [1.807, 2.05) is 58.0 Å². The van der Waals surface area contributed by atoms with E-state index >= 15 is 0 Å². The Bertz CT molecular complexity index is 1070. The highest BCUT2D eigenvalue weighted by molar-refractivity contribution is 6.45. The third-order valence-corrected chi connectivity index (χ3v) is 6.28. The SMILES string of the molecule is Cc1ccc(C2=C(N3CCCC(C)C3)C(=O)N(c3ccc(C)cc3C)C2=O)c(C)c1. The first-order valence-electron chi connectivity index (χ1n) is 10.8. The number of imide groups is 1. The molecule has 4 heteroatoms. The van der Waals surface area contributed by atoms with Crippen LogP contribution in [-0.4, -0.2) is 29.8 Å². The average molecular weight is 403 g/mol. The summed E-state index contributed by atoms with van der Waals surface area (Å²) in [5.74, 6) is 0.0906. The molecule has 0 spiro atoms. The van der Waals surface area contributed by atoms with Gasteiger partial charge in [0.15, 0.2) is 0 Å². The van der Waals surface area contributed by atoms with Crippen LogP contribution >= 0.6 is 0 Å². The number of carbonyl (C=O) groups is 2. The van der Waals surface area contributed by atoms with E-state index in [-0.39, 0.29) is 11.8 Å². The first-order chi connectivity index (χ1) is 14.3. The summed E-state index contributed by atoms with van der Waals surface area (Å²) in [6.45, 7) is 11.9. The number of hydrogen-bond acceptors (Lipinski definition) is 3. The van der Waals surface area contributed by atoms with E-state index in [0.717, 1.165) is 53.7 Å². The summed E-state index contributed by atoms with van der Waals surface area (Å²) in [6.07, 6.45) is 2.20. The van der Waals surface area contributed by atoms with Crippen LogP contribution in [0.2, 0.25) is 0 Å². The van der Waals surface area contributed by atoms with Crippen molar-refractivity contribution in [1.82, 2.24) is 4.90 Å². The van der Waals surface area contributed by atoms with Crippen molar-refractivity contribution >= 4 is 23.1 Å². The van der Waals surface area contributed by atoms with Gasteiger partial charge in [-0.25, -0.2) is 4.90 Å². The van der Waals surface area contributed by atoms with Crippen LogP contribution in [0.25, 0.3) is 5.57 Å². The van der Waals surface area contributed by atoms with E-state index in [1.54, 1.807) is 0 Å². The average Bonchev–Trinajstić information content (AvgIpc) is 2.93. The lowest BCUT2D eigenvalue weighted by molar-refractivity contribution is -0.120. The molecule has 2 aromatic rings. The molecule has 1 fully saturated rings. The summed E-state index contributed by atoms with van der Waals surface area (Å²) in [5.41, 5.74) is 6.87. The predicted octanol–water partition coefficient (Wildman–Crippen LogP) is 4.94. The summed E-state index contributed by atoms with van der Waals surface area (Å²) < 4.78 is 0. The molecule has 0 aliphatic carbocycles. The van der Waals surface area contributed by atoms with Crippen LogP contribution in [0, 0.1) is 33.6 Å². The maximum Gasteiger partial charge on any atom is 0.282 e. The van der Waals surface area contributed by atoms with Crippen molar-refractivity contribution in [2.75, 3.05) is 18.0 Å². The second kappa shape index (κ2) is 7.75. The number of amides is 2. The lowest BCUT2D eigenvalue weighted by atomic mass is 9.95. The Balaban J connectivity index is 1.88. The molecule has 2 aliphatic heterocycles. The molecule has 4 rings (SSSR count). The van der Waals surface area contributed by atoms with Gasteiger partial charge in [-0.15, -0.1) is 0 Å². The Morgan fingerprint density at radius 2 is 1.53 bits per heavy atom. The molecule has 1 unspecified atom stereocenters. The van der Waals surface area contributed by atoms with Crippen LogP contribution in [0.15, 0.2) is 42.1 Å². The minimum absolute atomic E-state index is 0.198. The zero-order valence-corrected chi connectivity index (χ0v) is 18.6. The highest BCUT2D eigenvalue weighted by Gasteiger charge is 2.43. The van der Waals surface area contributed by atoms with Gasteiger partial charge >= 0.3 is 0 Å². The molecule has 30 heavy (non-hydrogen) atoms. The minimum atomic E-state index is -0.216. The van der Waals surface area contributed by atoms with Crippen LogP contribution in [0.4, 0.5) is 5.69 Å². The largest absolute Gasteiger partial charge is 0.366 e. The van der Waals surface area contributed by atoms with Crippen molar-refractivity contribution in [2.24, 2.45) is 5.92 Å². The van der Waals surface area contributed by atoms with Gasteiger partial charge in [-0.2, -0.15) is 0 Å². The lowest BCUT2D eigenvalue weighted by Crippen LogP contribution is -2.39. The topological polar surface area (TPSA) is 40.6 Å². The molecule has 2 aromatic carbocycles. The van der Waals surface area contributed by atoms with Crippen molar-refractivity contribution in [3.8, 4) is 0 Å². The molecule has 0 bridgehead atoms. The van der Waals surface area contributed by atoms with E-state index in [2.05, 4.69) is 17.9 Å². The molecule has 2 aliphatic rings. The first kappa shape index (κ1) is 20.4. The molecule has 1 atom stereocenters. The van der Waals surface area contributed by atoms with Gasteiger partial charge < -0.3 is 4.90 Å². The quantitative estimate of drug-likeness (QED) is 0.683. The zero-order chi connectivity index (χ0) is 21.6.